The number of rotatable bonds is 5. The maximum Gasteiger partial charge on any atom is 0.310 e. The number of aryl methyl sites for hydroxylation is 1. The topological polar surface area (TPSA) is 44.1 Å². The van der Waals surface area contributed by atoms with Gasteiger partial charge in [-0.1, -0.05) is 30.3 Å². The van der Waals surface area contributed by atoms with Crippen LogP contribution in [0.5, 0.6) is 0 Å². The smallest absolute Gasteiger partial charge is 0.310 e. The number of hydrogen-bond donors (Lipinski definition) is 0. The van der Waals surface area contributed by atoms with Gasteiger partial charge in [-0.25, -0.2) is 13.8 Å². The molecule has 1 heterocycles. The van der Waals surface area contributed by atoms with Crippen molar-refractivity contribution in [1.29, 1.82) is 0 Å². The van der Waals surface area contributed by atoms with E-state index in [4.69, 9.17) is 4.74 Å². The van der Waals surface area contributed by atoms with Crippen LogP contribution in [-0.2, 0) is 23.0 Å². The minimum atomic E-state index is -2.56. The van der Waals surface area contributed by atoms with Gasteiger partial charge >= 0.3 is 5.97 Å². The Labute approximate surface area is 144 Å². The molecule has 6 heteroatoms. The number of nitrogens with zero attached hydrogens (tertiary/aromatic N) is 2. The van der Waals surface area contributed by atoms with Gasteiger partial charge in [0.05, 0.1) is 17.5 Å². The van der Waals surface area contributed by atoms with E-state index < -0.39 is 18.5 Å². The van der Waals surface area contributed by atoms with Crippen molar-refractivity contribution in [2.24, 2.45) is 7.05 Å². The van der Waals surface area contributed by atoms with Crippen LogP contribution in [0.3, 0.4) is 0 Å². The van der Waals surface area contributed by atoms with E-state index in [2.05, 4.69) is 4.98 Å². The number of benzene rings is 2. The fourth-order valence-corrected chi connectivity index (χ4v) is 2.82. The molecule has 3 aromatic rings. The highest BCUT2D eigenvalue weighted by molar-refractivity contribution is 5.76. The molecule has 0 fully saturated rings. The fourth-order valence-electron chi connectivity index (χ4n) is 2.82. The van der Waals surface area contributed by atoms with E-state index in [1.807, 2.05) is 35.9 Å². The van der Waals surface area contributed by atoms with Gasteiger partial charge in [0.15, 0.2) is 11.9 Å². The molecule has 2 aromatic carbocycles. The van der Waals surface area contributed by atoms with E-state index in [1.165, 1.54) is 18.2 Å². The quantitative estimate of drug-likeness (QED) is 0.646. The summed E-state index contributed by atoms with van der Waals surface area (Å²) in [6.07, 6.45) is -3.16. The summed E-state index contributed by atoms with van der Waals surface area (Å²) < 4.78 is 32.8. The van der Waals surface area contributed by atoms with Gasteiger partial charge in [0.25, 0.3) is 6.43 Å². The third kappa shape index (κ3) is 3.68. The van der Waals surface area contributed by atoms with Crippen molar-refractivity contribution in [2.45, 2.75) is 25.9 Å². The molecule has 3 rings (SSSR count). The number of carbonyl (C=O) groups is 1. The summed E-state index contributed by atoms with van der Waals surface area (Å²) >= 11 is 0. The van der Waals surface area contributed by atoms with Crippen LogP contribution in [0.4, 0.5) is 8.78 Å². The lowest BCUT2D eigenvalue weighted by atomic mass is 10.1. The van der Waals surface area contributed by atoms with Crippen molar-refractivity contribution in [2.75, 3.05) is 0 Å². The standard InChI is InChI=1S/C19H18F2N2O2/c1-12(19-22-15-8-3-4-9-16(15)23(19)2)25-17(24)11-13-6-5-7-14(10-13)18(20)21/h3-10,12,18H,11H2,1-2H3/t12-/m0/s1. The third-order valence-electron chi connectivity index (χ3n) is 4.05. The zero-order chi connectivity index (χ0) is 18.0. The molecular weight excluding hydrogens is 326 g/mol. The van der Waals surface area contributed by atoms with Gasteiger partial charge in [0.1, 0.15) is 0 Å². The van der Waals surface area contributed by atoms with Crippen LogP contribution >= 0.6 is 0 Å². The highest BCUT2D eigenvalue weighted by Crippen LogP contribution is 2.23. The number of ether oxygens (including phenoxy) is 1. The average Bonchev–Trinajstić information content (AvgIpc) is 2.92. The first-order valence-corrected chi connectivity index (χ1v) is 7.93. The number of esters is 1. The summed E-state index contributed by atoms with van der Waals surface area (Å²) in [5, 5.41) is 0. The minimum Gasteiger partial charge on any atom is -0.454 e. The van der Waals surface area contributed by atoms with Gasteiger partial charge in [-0.05, 0) is 30.7 Å². The van der Waals surface area contributed by atoms with Crippen molar-refractivity contribution in [3.63, 3.8) is 0 Å². The summed E-state index contributed by atoms with van der Waals surface area (Å²) in [7, 11) is 1.86. The second-order valence-corrected chi connectivity index (χ2v) is 5.87. The van der Waals surface area contributed by atoms with E-state index in [9.17, 15) is 13.6 Å². The molecule has 25 heavy (non-hydrogen) atoms. The highest BCUT2D eigenvalue weighted by atomic mass is 19.3. The Morgan fingerprint density at radius 2 is 1.96 bits per heavy atom. The molecule has 0 aliphatic carbocycles. The summed E-state index contributed by atoms with van der Waals surface area (Å²) in [6.45, 7) is 1.74. The third-order valence-corrected chi connectivity index (χ3v) is 4.05. The first-order chi connectivity index (χ1) is 12.0. The molecule has 0 aliphatic rings. The number of aromatic nitrogens is 2. The lowest BCUT2D eigenvalue weighted by Gasteiger charge is -2.13. The van der Waals surface area contributed by atoms with Crippen molar-refractivity contribution in [1.82, 2.24) is 9.55 Å². The van der Waals surface area contributed by atoms with Crippen molar-refractivity contribution >= 4 is 17.0 Å². The Morgan fingerprint density at radius 1 is 1.20 bits per heavy atom. The van der Waals surface area contributed by atoms with Crippen LogP contribution in [-0.4, -0.2) is 15.5 Å². The predicted octanol–water partition coefficient (Wildman–Crippen LogP) is 4.36. The number of hydrogen-bond acceptors (Lipinski definition) is 3. The molecule has 0 aliphatic heterocycles. The largest absolute Gasteiger partial charge is 0.454 e. The summed E-state index contributed by atoms with van der Waals surface area (Å²) in [5.41, 5.74) is 2.17. The van der Waals surface area contributed by atoms with Crippen LogP contribution in [0.25, 0.3) is 11.0 Å². The van der Waals surface area contributed by atoms with E-state index in [-0.39, 0.29) is 12.0 Å². The maximum atomic E-state index is 12.7. The van der Waals surface area contributed by atoms with Crippen LogP contribution in [0.15, 0.2) is 48.5 Å². The SMILES string of the molecule is C[C@H](OC(=O)Cc1cccc(C(F)F)c1)c1nc2ccccc2n1C. The van der Waals surface area contributed by atoms with Gasteiger partial charge in [0, 0.05) is 12.6 Å². The molecule has 0 N–H and O–H groups in total. The van der Waals surface area contributed by atoms with Crippen molar-refractivity contribution < 1.29 is 18.3 Å². The number of carbonyl (C=O) groups excluding carboxylic acids is 1. The normalized spacial score (nSPS) is 12.5. The van der Waals surface area contributed by atoms with E-state index in [0.717, 1.165) is 11.0 Å². The molecule has 4 nitrogen and oxygen atoms in total. The fraction of sp³-hybridized carbons (Fsp3) is 0.263. The monoisotopic (exact) mass is 344 g/mol. The average molecular weight is 344 g/mol. The molecule has 1 atom stereocenters. The van der Waals surface area contributed by atoms with E-state index in [0.29, 0.717) is 11.4 Å². The number of fused-ring (bicyclic) bond motifs is 1. The second-order valence-electron chi connectivity index (χ2n) is 5.87. The maximum absolute atomic E-state index is 12.7. The molecule has 0 saturated heterocycles. The Kier molecular flexibility index (Phi) is 4.79. The second kappa shape index (κ2) is 7.01. The zero-order valence-electron chi connectivity index (χ0n) is 13.9. The van der Waals surface area contributed by atoms with Crippen LogP contribution in [0, 0.1) is 0 Å². The molecule has 0 bridgehead atoms. The van der Waals surface area contributed by atoms with Gasteiger partial charge < -0.3 is 9.30 Å². The molecule has 0 spiro atoms. The summed E-state index contributed by atoms with van der Waals surface area (Å²) in [5.74, 6) is 0.154. The molecule has 0 amide bonds. The Bertz CT molecular complexity index is 905. The number of halogens is 2. The van der Waals surface area contributed by atoms with Crippen molar-refractivity contribution in [3.8, 4) is 0 Å². The molecule has 0 unspecified atom stereocenters. The highest BCUT2D eigenvalue weighted by Gasteiger charge is 2.19. The lowest BCUT2D eigenvalue weighted by molar-refractivity contribution is -0.148. The van der Waals surface area contributed by atoms with Gasteiger partial charge in [0.2, 0.25) is 0 Å². The van der Waals surface area contributed by atoms with Gasteiger partial charge in [-0.3, -0.25) is 4.79 Å². The Hall–Kier alpha value is -2.76. The molecule has 0 radical (unpaired) electrons. The van der Waals surface area contributed by atoms with E-state index >= 15 is 0 Å². The number of para-hydroxylation sites is 2. The Morgan fingerprint density at radius 3 is 2.68 bits per heavy atom. The number of alkyl halides is 2. The van der Waals surface area contributed by atoms with Crippen LogP contribution in [0.1, 0.15) is 36.4 Å². The van der Waals surface area contributed by atoms with Gasteiger partial charge in [-0.2, -0.15) is 0 Å². The molecular formula is C19H18F2N2O2. The van der Waals surface area contributed by atoms with Crippen LogP contribution < -0.4 is 0 Å². The van der Waals surface area contributed by atoms with Crippen LogP contribution in [0.2, 0.25) is 0 Å². The molecule has 1 aromatic heterocycles. The first kappa shape index (κ1) is 17.1. The van der Waals surface area contributed by atoms with Crippen molar-refractivity contribution in [3.05, 3.63) is 65.5 Å². The summed E-state index contributed by atoms with van der Waals surface area (Å²) in [6, 6.07) is 13.4. The molecule has 0 saturated carbocycles. The van der Waals surface area contributed by atoms with Gasteiger partial charge in [-0.15, -0.1) is 0 Å². The Balaban J connectivity index is 1.71. The lowest BCUT2D eigenvalue weighted by Crippen LogP contribution is -2.14. The summed E-state index contributed by atoms with van der Waals surface area (Å²) in [4.78, 5) is 16.7. The molecule has 130 valence electrons. The van der Waals surface area contributed by atoms with E-state index in [1.54, 1.807) is 13.0 Å². The first-order valence-electron chi connectivity index (χ1n) is 7.93. The number of imidazole rings is 1. The minimum absolute atomic E-state index is 0.0607. The predicted molar refractivity (Wildman–Crippen MR) is 90.3 cm³/mol. The zero-order valence-corrected chi connectivity index (χ0v) is 13.9.